The summed E-state index contributed by atoms with van der Waals surface area (Å²) in [5, 5.41) is 10.4. The Morgan fingerprint density at radius 3 is 3.10 bits per heavy atom. The van der Waals surface area contributed by atoms with Gasteiger partial charge in [-0.2, -0.15) is 5.10 Å². The minimum atomic E-state index is -0.327. The summed E-state index contributed by atoms with van der Waals surface area (Å²) < 4.78 is 6.76. The van der Waals surface area contributed by atoms with Crippen molar-refractivity contribution in [2.75, 3.05) is 32.1 Å². The van der Waals surface area contributed by atoms with Gasteiger partial charge in [0.2, 0.25) is 5.91 Å². The van der Waals surface area contributed by atoms with E-state index in [1.54, 1.807) is 18.0 Å². The van der Waals surface area contributed by atoms with Gasteiger partial charge < -0.3 is 15.4 Å². The zero-order valence-electron chi connectivity index (χ0n) is 12.0. The van der Waals surface area contributed by atoms with E-state index in [0.29, 0.717) is 13.2 Å². The topological polar surface area (TPSA) is 68.2 Å². The van der Waals surface area contributed by atoms with Crippen LogP contribution in [0.1, 0.15) is 19.8 Å². The van der Waals surface area contributed by atoms with E-state index in [2.05, 4.69) is 15.7 Å². The number of aromatic nitrogens is 2. The first-order valence-corrected chi connectivity index (χ1v) is 6.68. The first kappa shape index (κ1) is 16.9. The summed E-state index contributed by atoms with van der Waals surface area (Å²) in [6.07, 6.45) is 5.46. The number of anilines is 1. The first-order chi connectivity index (χ1) is 9.14. The van der Waals surface area contributed by atoms with E-state index in [9.17, 15) is 4.79 Å². The molecule has 0 bridgehead atoms. The fraction of sp³-hybridized carbons (Fsp3) is 0.692. The van der Waals surface area contributed by atoms with Crippen molar-refractivity contribution in [2.24, 2.45) is 5.41 Å². The van der Waals surface area contributed by atoms with Gasteiger partial charge in [0.1, 0.15) is 0 Å². The molecule has 6 nitrogen and oxygen atoms in total. The Hall–Kier alpha value is -1.11. The lowest BCUT2D eigenvalue weighted by molar-refractivity contribution is -0.125. The van der Waals surface area contributed by atoms with E-state index in [-0.39, 0.29) is 23.7 Å². The van der Waals surface area contributed by atoms with Gasteiger partial charge in [0.05, 0.1) is 30.5 Å². The Kier molecular flexibility index (Phi) is 6.45. The van der Waals surface area contributed by atoms with Gasteiger partial charge in [-0.15, -0.1) is 12.4 Å². The summed E-state index contributed by atoms with van der Waals surface area (Å²) in [5.74, 6) is 0.0611. The molecule has 1 unspecified atom stereocenters. The van der Waals surface area contributed by atoms with Gasteiger partial charge in [0, 0.05) is 19.9 Å². The average Bonchev–Trinajstić information content (AvgIpc) is 2.85. The third kappa shape index (κ3) is 4.19. The zero-order valence-corrected chi connectivity index (χ0v) is 12.8. The van der Waals surface area contributed by atoms with Crippen molar-refractivity contribution in [1.29, 1.82) is 0 Å². The van der Waals surface area contributed by atoms with E-state index >= 15 is 0 Å². The molecular formula is C13H23ClN4O2. The molecule has 0 saturated carbocycles. The molecule has 1 atom stereocenters. The van der Waals surface area contributed by atoms with E-state index in [0.717, 1.165) is 31.6 Å². The molecule has 0 radical (unpaired) electrons. The summed E-state index contributed by atoms with van der Waals surface area (Å²) in [6, 6.07) is 0. The van der Waals surface area contributed by atoms with Crippen molar-refractivity contribution in [3.05, 3.63) is 12.4 Å². The standard InChI is InChI=1S/C13H22N4O2.ClH/c1-13(4-3-5-14-10-13)12(18)16-11-8-15-17(9-11)6-7-19-2;/h8-9,14H,3-7,10H2,1-2H3,(H,16,18);1H. The van der Waals surface area contributed by atoms with Crippen LogP contribution in [0.15, 0.2) is 12.4 Å². The van der Waals surface area contributed by atoms with E-state index < -0.39 is 0 Å². The van der Waals surface area contributed by atoms with Crippen LogP contribution >= 0.6 is 12.4 Å². The third-order valence-corrected chi connectivity index (χ3v) is 3.56. The minimum absolute atomic E-state index is 0. The molecule has 0 aromatic carbocycles. The van der Waals surface area contributed by atoms with Gasteiger partial charge >= 0.3 is 0 Å². The summed E-state index contributed by atoms with van der Waals surface area (Å²) in [5.41, 5.74) is 0.417. The lowest BCUT2D eigenvalue weighted by atomic mass is 9.82. The number of rotatable bonds is 5. The van der Waals surface area contributed by atoms with Gasteiger partial charge in [-0.1, -0.05) is 0 Å². The molecule has 2 rings (SSSR count). The SMILES string of the molecule is COCCn1cc(NC(=O)C2(C)CCCNC2)cn1.Cl. The van der Waals surface area contributed by atoms with Crippen molar-refractivity contribution < 1.29 is 9.53 Å². The molecule has 20 heavy (non-hydrogen) atoms. The fourth-order valence-corrected chi connectivity index (χ4v) is 2.27. The molecule has 2 N–H and O–H groups in total. The van der Waals surface area contributed by atoms with Crippen LogP contribution < -0.4 is 10.6 Å². The maximum atomic E-state index is 12.3. The number of amides is 1. The highest BCUT2D eigenvalue weighted by Crippen LogP contribution is 2.27. The highest BCUT2D eigenvalue weighted by atomic mass is 35.5. The average molecular weight is 303 g/mol. The number of nitrogens with one attached hydrogen (secondary N) is 2. The maximum Gasteiger partial charge on any atom is 0.231 e. The van der Waals surface area contributed by atoms with Gasteiger partial charge in [0.15, 0.2) is 0 Å². The smallest absolute Gasteiger partial charge is 0.231 e. The Morgan fingerprint density at radius 2 is 2.45 bits per heavy atom. The Bertz CT molecular complexity index is 430. The Balaban J connectivity index is 0.00000200. The van der Waals surface area contributed by atoms with Crippen LogP contribution in [-0.4, -0.2) is 42.5 Å². The zero-order chi connectivity index (χ0) is 13.7. The number of halogens is 1. The molecule has 114 valence electrons. The molecular weight excluding hydrogens is 280 g/mol. The van der Waals surface area contributed by atoms with E-state index in [1.165, 1.54) is 0 Å². The van der Waals surface area contributed by atoms with Crippen molar-refractivity contribution in [1.82, 2.24) is 15.1 Å². The van der Waals surface area contributed by atoms with Crippen LogP contribution in [-0.2, 0) is 16.1 Å². The van der Waals surface area contributed by atoms with E-state index in [4.69, 9.17) is 4.74 Å². The summed E-state index contributed by atoms with van der Waals surface area (Å²) in [6.45, 7) is 5.03. The van der Waals surface area contributed by atoms with Crippen LogP contribution in [0.3, 0.4) is 0 Å². The molecule has 7 heteroatoms. The molecule has 1 aromatic rings. The lowest BCUT2D eigenvalue weighted by Gasteiger charge is -2.32. The van der Waals surface area contributed by atoms with Crippen LogP contribution in [0.4, 0.5) is 5.69 Å². The van der Waals surface area contributed by atoms with E-state index in [1.807, 2.05) is 13.1 Å². The first-order valence-electron chi connectivity index (χ1n) is 6.68. The van der Waals surface area contributed by atoms with Crippen LogP contribution in [0.2, 0.25) is 0 Å². The second-order valence-corrected chi connectivity index (χ2v) is 5.28. The summed E-state index contributed by atoms with van der Waals surface area (Å²) >= 11 is 0. The molecule has 2 heterocycles. The highest BCUT2D eigenvalue weighted by molar-refractivity contribution is 5.95. The van der Waals surface area contributed by atoms with Crippen LogP contribution in [0.5, 0.6) is 0 Å². The number of methoxy groups -OCH3 is 1. The van der Waals surface area contributed by atoms with Crippen LogP contribution in [0, 0.1) is 5.41 Å². The van der Waals surface area contributed by atoms with Gasteiger partial charge in [0.25, 0.3) is 0 Å². The second kappa shape index (κ2) is 7.61. The normalized spacial score (nSPS) is 22.1. The quantitative estimate of drug-likeness (QED) is 0.860. The fourth-order valence-electron chi connectivity index (χ4n) is 2.27. The monoisotopic (exact) mass is 302 g/mol. The molecule has 1 saturated heterocycles. The number of hydrogen-bond acceptors (Lipinski definition) is 4. The number of piperidine rings is 1. The number of carbonyl (C=O) groups is 1. The molecule has 0 spiro atoms. The number of carbonyl (C=O) groups excluding carboxylic acids is 1. The van der Waals surface area contributed by atoms with Crippen LogP contribution in [0.25, 0.3) is 0 Å². The molecule has 1 amide bonds. The Labute approximate surface area is 125 Å². The van der Waals surface area contributed by atoms with Gasteiger partial charge in [-0.3, -0.25) is 9.48 Å². The largest absolute Gasteiger partial charge is 0.383 e. The highest BCUT2D eigenvalue weighted by Gasteiger charge is 2.34. The molecule has 0 aliphatic carbocycles. The van der Waals surface area contributed by atoms with Gasteiger partial charge in [-0.25, -0.2) is 0 Å². The number of hydrogen-bond donors (Lipinski definition) is 2. The number of nitrogens with zero attached hydrogens (tertiary/aromatic N) is 2. The molecule has 1 aliphatic rings. The predicted octanol–water partition coefficient (Wildman–Crippen LogP) is 1.28. The Morgan fingerprint density at radius 1 is 1.65 bits per heavy atom. The summed E-state index contributed by atoms with van der Waals surface area (Å²) in [7, 11) is 1.66. The van der Waals surface area contributed by atoms with Crippen molar-refractivity contribution in [3.63, 3.8) is 0 Å². The molecule has 1 fully saturated rings. The summed E-state index contributed by atoms with van der Waals surface area (Å²) in [4.78, 5) is 12.3. The minimum Gasteiger partial charge on any atom is -0.383 e. The van der Waals surface area contributed by atoms with Crippen molar-refractivity contribution >= 4 is 24.0 Å². The van der Waals surface area contributed by atoms with Crippen molar-refractivity contribution in [3.8, 4) is 0 Å². The maximum absolute atomic E-state index is 12.3. The lowest BCUT2D eigenvalue weighted by Crippen LogP contribution is -2.45. The van der Waals surface area contributed by atoms with Gasteiger partial charge in [-0.05, 0) is 26.3 Å². The second-order valence-electron chi connectivity index (χ2n) is 5.28. The van der Waals surface area contributed by atoms with Crippen molar-refractivity contribution in [2.45, 2.75) is 26.3 Å². The molecule has 1 aliphatic heterocycles. The predicted molar refractivity (Wildman–Crippen MR) is 80.2 cm³/mol. The molecule has 1 aromatic heterocycles. The third-order valence-electron chi connectivity index (χ3n) is 3.56. The number of ether oxygens (including phenoxy) is 1.